The third kappa shape index (κ3) is 3.32. The Kier molecular flexibility index (Phi) is 4.50. The summed E-state index contributed by atoms with van der Waals surface area (Å²) in [6.07, 6.45) is 0.374. The first kappa shape index (κ1) is 14.7. The SMILES string of the molecule is CC(C)(CCO)CNc1c(F)c(F)nc(F)c1F. The average Bonchev–Trinajstić information content (AvgIpc) is 2.26. The molecule has 1 aromatic heterocycles. The van der Waals surface area contributed by atoms with E-state index in [2.05, 4.69) is 10.3 Å². The number of nitrogens with zero attached hydrogens (tertiary/aromatic N) is 1. The second-order valence-corrected chi connectivity index (χ2v) is 4.69. The molecular weight excluding hydrogens is 252 g/mol. The van der Waals surface area contributed by atoms with E-state index in [-0.39, 0.29) is 13.2 Å². The first-order valence-corrected chi connectivity index (χ1v) is 5.33. The molecule has 0 aliphatic heterocycles. The summed E-state index contributed by atoms with van der Waals surface area (Å²) in [4.78, 5) is 2.45. The van der Waals surface area contributed by atoms with E-state index in [9.17, 15) is 17.6 Å². The Morgan fingerprint density at radius 2 is 1.61 bits per heavy atom. The maximum absolute atomic E-state index is 13.2. The van der Waals surface area contributed by atoms with Gasteiger partial charge in [-0.05, 0) is 11.8 Å². The van der Waals surface area contributed by atoms with Gasteiger partial charge in [-0.2, -0.15) is 22.5 Å². The van der Waals surface area contributed by atoms with Crippen LogP contribution < -0.4 is 5.32 Å². The molecule has 0 atom stereocenters. The molecule has 0 unspecified atom stereocenters. The van der Waals surface area contributed by atoms with Crippen LogP contribution in [0.1, 0.15) is 20.3 Å². The molecule has 0 aromatic carbocycles. The zero-order chi connectivity index (χ0) is 13.9. The van der Waals surface area contributed by atoms with Gasteiger partial charge in [-0.15, -0.1) is 0 Å². The van der Waals surface area contributed by atoms with Crippen LogP contribution in [0.3, 0.4) is 0 Å². The molecule has 0 aliphatic carbocycles. The number of halogens is 4. The predicted octanol–water partition coefficient (Wildman–Crippen LogP) is 2.46. The standard InChI is InChI=1S/C11H14F4N2O/c1-11(2,3-4-18)5-16-8-6(12)9(14)17-10(15)7(8)13/h18H,3-5H2,1-2H3,(H,16,17). The summed E-state index contributed by atoms with van der Waals surface area (Å²) in [6, 6.07) is 0. The zero-order valence-corrected chi connectivity index (χ0v) is 10.0. The summed E-state index contributed by atoms with van der Waals surface area (Å²) in [5.74, 6) is -6.52. The summed E-state index contributed by atoms with van der Waals surface area (Å²) in [7, 11) is 0. The second kappa shape index (κ2) is 5.51. The van der Waals surface area contributed by atoms with Crippen molar-refractivity contribution in [2.24, 2.45) is 5.41 Å². The molecule has 3 nitrogen and oxygen atoms in total. The van der Waals surface area contributed by atoms with Crippen LogP contribution in [0.25, 0.3) is 0 Å². The minimum Gasteiger partial charge on any atom is -0.396 e. The summed E-state index contributed by atoms with van der Waals surface area (Å²) < 4.78 is 52.1. The Hall–Kier alpha value is -1.37. The summed E-state index contributed by atoms with van der Waals surface area (Å²) in [5.41, 5.74) is -1.37. The largest absolute Gasteiger partial charge is 0.396 e. The van der Waals surface area contributed by atoms with Gasteiger partial charge in [0.05, 0.1) is 0 Å². The van der Waals surface area contributed by atoms with Gasteiger partial charge in [-0.25, -0.2) is 0 Å². The van der Waals surface area contributed by atoms with E-state index < -0.39 is 34.6 Å². The Balaban J connectivity index is 2.91. The number of pyridine rings is 1. The molecule has 7 heteroatoms. The summed E-state index contributed by atoms with van der Waals surface area (Å²) in [5, 5.41) is 11.1. The Morgan fingerprint density at radius 1 is 1.11 bits per heavy atom. The van der Waals surface area contributed by atoms with Gasteiger partial charge in [-0.1, -0.05) is 13.8 Å². The van der Waals surface area contributed by atoms with E-state index in [1.807, 2.05) is 0 Å². The highest BCUT2D eigenvalue weighted by Crippen LogP contribution is 2.25. The smallest absolute Gasteiger partial charge is 0.253 e. The van der Waals surface area contributed by atoms with E-state index in [0.29, 0.717) is 6.42 Å². The van der Waals surface area contributed by atoms with Crippen molar-refractivity contribution in [3.05, 3.63) is 23.5 Å². The molecule has 1 aromatic rings. The number of hydrogen-bond acceptors (Lipinski definition) is 3. The van der Waals surface area contributed by atoms with Gasteiger partial charge in [0.1, 0.15) is 5.69 Å². The number of hydrogen-bond donors (Lipinski definition) is 2. The van der Waals surface area contributed by atoms with Crippen molar-refractivity contribution in [3.63, 3.8) is 0 Å². The van der Waals surface area contributed by atoms with Crippen LogP contribution >= 0.6 is 0 Å². The van der Waals surface area contributed by atoms with Gasteiger partial charge in [0, 0.05) is 13.2 Å². The maximum Gasteiger partial charge on any atom is 0.253 e. The number of aliphatic hydroxyl groups is 1. The third-order valence-corrected chi connectivity index (χ3v) is 2.53. The number of nitrogens with one attached hydrogen (secondary N) is 1. The molecular formula is C11H14F4N2O. The van der Waals surface area contributed by atoms with Crippen molar-refractivity contribution in [1.29, 1.82) is 0 Å². The van der Waals surface area contributed by atoms with Crippen LogP contribution in [-0.2, 0) is 0 Å². The molecule has 0 saturated heterocycles. The first-order valence-electron chi connectivity index (χ1n) is 5.33. The average molecular weight is 266 g/mol. The minimum absolute atomic E-state index is 0.0459. The van der Waals surface area contributed by atoms with Crippen molar-refractivity contribution in [3.8, 4) is 0 Å². The second-order valence-electron chi connectivity index (χ2n) is 4.69. The van der Waals surface area contributed by atoms with Crippen LogP contribution in [0.4, 0.5) is 23.2 Å². The van der Waals surface area contributed by atoms with Gasteiger partial charge in [-0.3, -0.25) is 0 Å². The quantitative estimate of drug-likeness (QED) is 0.635. The Labute approximate surface area is 102 Å². The summed E-state index contributed by atoms with van der Waals surface area (Å²) >= 11 is 0. The Bertz CT molecular complexity index is 411. The lowest BCUT2D eigenvalue weighted by atomic mass is 9.89. The van der Waals surface area contributed by atoms with Crippen LogP contribution in [0.2, 0.25) is 0 Å². The van der Waals surface area contributed by atoms with Gasteiger partial charge < -0.3 is 10.4 Å². The fourth-order valence-electron chi connectivity index (χ4n) is 1.36. The molecule has 0 amide bonds. The highest BCUT2D eigenvalue weighted by Gasteiger charge is 2.23. The predicted molar refractivity (Wildman–Crippen MR) is 58.0 cm³/mol. The minimum atomic E-state index is -1.70. The van der Waals surface area contributed by atoms with Crippen LogP contribution in [0.5, 0.6) is 0 Å². The molecule has 0 bridgehead atoms. The topological polar surface area (TPSA) is 45.1 Å². The molecule has 0 fully saturated rings. The van der Waals surface area contributed by atoms with Crippen molar-refractivity contribution in [2.75, 3.05) is 18.5 Å². The van der Waals surface area contributed by atoms with Crippen molar-refractivity contribution < 1.29 is 22.7 Å². The fraction of sp³-hybridized carbons (Fsp3) is 0.545. The lowest BCUT2D eigenvalue weighted by molar-refractivity contribution is 0.219. The normalized spacial score (nSPS) is 11.7. The molecule has 1 rings (SSSR count). The molecule has 0 aliphatic rings. The highest BCUT2D eigenvalue weighted by atomic mass is 19.2. The number of rotatable bonds is 5. The fourth-order valence-corrected chi connectivity index (χ4v) is 1.36. The van der Waals surface area contributed by atoms with E-state index in [4.69, 9.17) is 5.11 Å². The first-order chi connectivity index (χ1) is 8.28. The van der Waals surface area contributed by atoms with E-state index in [1.165, 1.54) is 0 Å². The third-order valence-electron chi connectivity index (χ3n) is 2.53. The molecule has 102 valence electrons. The number of aromatic nitrogens is 1. The van der Waals surface area contributed by atoms with Crippen LogP contribution in [0.15, 0.2) is 0 Å². The van der Waals surface area contributed by atoms with Crippen LogP contribution in [0, 0.1) is 28.9 Å². The van der Waals surface area contributed by atoms with E-state index in [0.717, 1.165) is 0 Å². The maximum atomic E-state index is 13.2. The number of aliphatic hydroxyl groups excluding tert-OH is 1. The lowest BCUT2D eigenvalue weighted by Gasteiger charge is -2.24. The molecule has 1 heterocycles. The van der Waals surface area contributed by atoms with E-state index >= 15 is 0 Å². The highest BCUT2D eigenvalue weighted by molar-refractivity contribution is 5.45. The van der Waals surface area contributed by atoms with E-state index in [1.54, 1.807) is 13.8 Å². The van der Waals surface area contributed by atoms with Crippen molar-refractivity contribution >= 4 is 5.69 Å². The van der Waals surface area contributed by atoms with Crippen LogP contribution in [-0.4, -0.2) is 23.2 Å². The molecule has 2 N–H and O–H groups in total. The van der Waals surface area contributed by atoms with Gasteiger partial charge in [0.25, 0.3) is 11.9 Å². The Morgan fingerprint density at radius 3 is 2.06 bits per heavy atom. The monoisotopic (exact) mass is 266 g/mol. The molecule has 18 heavy (non-hydrogen) atoms. The number of anilines is 1. The van der Waals surface area contributed by atoms with Gasteiger partial charge in [0.2, 0.25) is 11.6 Å². The molecule has 0 spiro atoms. The molecule has 0 saturated carbocycles. The molecule has 0 radical (unpaired) electrons. The van der Waals surface area contributed by atoms with Crippen molar-refractivity contribution in [2.45, 2.75) is 20.3 Å². The van der Waals surface area contributed by atoms with Crippen molar-refractivity contribution in [1.82, 2.24) is 4.98 Å². The van der Waals surface area contributed by atoms with Gasteiger partial charge in [0.15, 0.2) is 0 Å². The van der Waals surface area contributed by atoms with Gasteiger partial charge >= 0.3 is 0 Å². The zero-order valence-electron chi connectivity index (χ0n) is 10.0. The lowest BCUT2D eigenvalue weighted by Crippen LogP contribution is -2.25. The summed E-state index contributed by atoms with van der Waals surface area (Å²) in [6.45, 7) is 3.42.